The number of hydrogen-bond acceptors (Lipinski definition) is 4. The Morgan fingerprint density at radius 1 is 1.15 bits per heavy atom. The van der Waals surface area contributed by atoms with E-state index in [4.69, 9.17) is 0 Å². The average Bonchev–Trinajstić information content (AvgIpc) is 3.10. The first-order chi connectivity index (χ1) is 12.7. The first-order valence-corrected chi connectivity index (χ1v) is 9.81. The van der Waals surface area contributed by atoms with Crippen molar-refractivity contribution in [1.29, 1.82) is 0 Å². The molecule has 3 heterocycles. The molecule has 0 unspecified atom stereocenters. The molecule has 6 heteroatoms. The predicted molar refractivity (Wildman–Crippen MR) is 102 cm³/mol. The van der Waals surface area contributed by atoms with Crippen molar-refractivity contribution in [2.45, 2.75) is 29.6 Å². The molecule has 26 heavy (non-hydrogen) atoms. The highest BCUT2D eigenvalue weighted by Gasteiger charge is 2.24. The number of nitrogens with zero attached hydrogens (tertiary/aromatic N) is 3. The second kappa shape index (κ2) is 7.51. The van der Waals surface area contributed by atoms with Gasteiger partial charge in [-0.15, -0.1) is 11.8 Å². The number of pyridine rings is 1. The maximum Gasteiger partial charge on any atom is 0.254 e. The molecule has 0 aliphatic carbocycles. The quantitative estimate of drug-likeness (QED) is 0.720. The van der Waals surface area contributed by atoms with Crippen LogP contribution in [0, 0.1) is 0 Å². The highest BCUT2D eigenvalue weighted by Crippen LogP contribution is 2.28. The van der Waals surface area contributed by atoms with Crippen molar-refractivity contribution in [1.82, 2.24) is 14.3 Å². The van der Waals surface area contributed by atoms with Gasteiger partial charge in [0.2, 0.25) is 0 Å². The number of carbonyl (C=O) groups excluding carboxylic acids is 1. The minimum absolute atomic E-state index is 0.0509. The van der Waals surface area contributed by atoms with Crippen LogP contribution in [-0.4, -0.2) is 44.5 Å². The molecule has 1 aliphatic rings. The number of piperidine rings is 1. The van der Waals surface area contributed by atoms with Crippen LogP contribution in [0.5, 0.6) is 0 Å². The average molecular weight is 367 g/mol. The summed E-state index contributed by atoms with van der Waals surface area (Å²) in [5.74, 6) is 0.764. The van der Waals surface area contributed by atoms with E-state index in [0.29, 0.717) is 31.7 Å². The highest BCUT2D eigenvalue weighted by molar-refractivity contribution is 7.98. The van der Waals surface area contributed by atoms with E-state index in [9.17, 15) is 9.90 Å². The SMILES string of the molecule is O=C(c1ccccc1SCc1cn2ccccc2n1)N1CCC(O)CC1. The number of rotatable bonds is 4. The number of aliphatic hydroxyl groups is 1. The molecule has 0 atom stereocenters. The van der Waals surface area contributed by atoms with E-state index < -0.39 is 0 Å². The molecule has 3 aromatic rings. The van der Waals surface area contributed by atoms with Crippen molar-refractivity contribution in [3.8, 4) is 0 Å². The lowest BCUT2D eigenvalue weighted by Crippen LogP contribution is -2.40. The van der Waals surface area contributed by atoms with Crippen LogP contribution in [0.2, 0.25) is 0 Å². The molecule has 1 amide bonds. The third kappa shape index (κ3) is 3.61. The molecule has 1 saturated heterocycles. The summed E-state index contributed by atoms with van der Waals surface area (Å²) in [7, 11) is 0. The Kier molecular flexibility index (Phi) is 4.95. The number of amides is 1. The molecule has 1 aliphatic heterocycles. The predicted octanol–water partition coefficient (Wildman–Crippen LogP) is 3.22. The van der Waals surface area contributed by atoms with Gasteiger partial charge in [-0.3, -0.25) is 4.79 Å². The van der Waals surface area contributed by atoms with Crippen LogP contribution in [0.1, 0.15) is 28.9 Å². The van der Waals surface area contributed by atoms with Crippen molar-refractivity contribution in [3.05, 3.63) is 66.1 Å². The van der Waals surface area contributed by atoms with Crippen LogP contribution in [0.4, 0.5) is 0 Å². The van der Waals surface area contributed by atoms with E-state index in [1.165, 1.54) is 0 Å². The summed E-state index contributed by atoms with van der Waals surface area (Å²) in [6, 6.07) is 13.7. The second-order valence-corrected chi connectivity index (χ2v) is 7.52. The zero-order valence-electron chi connectivity index (χ0n) is 14.4. The molecule has 1 aromatic carbocycles. The molecule has 0 bridgehead atoms. The Hall–Kier alpha value is -2.31. The van der Waals surface area contributed by atoms with E-state index >= 15 is 0 Å². The lowest BCUT2D eigenvalue weighted by Gasteiger charge is -2.30. The fourth-order valence-electron chi connectivity index (χ4n) is 3.22. The molecule has 0 radical (unpaired) electrons. The van der Waals surface area contributed by atoms with Gasteiger partial charge in [-0.2, -0.15) is 0 Å². The third-order valence-electron chi connectivity index (χ3n) is 4.66. The van der Waals surface area contributed by atoms with Gasteiger partial charge in [-0.05, 0) is 37.1 Å². The Morgan fingerprint density at radius 3 is 2.73 bits per heavy atom. The van der Waals surface area contributed by atoms with Gasteiger partial charge in [0.1, 0.15) is 5.65 Å². The van der Waals surface area contributed by atoms with Crippen LogP contribution in [-0.2, 0) is 5.75 Å². The minimum Gasteiger partial charge on any atom is -0.393 e. The molecule has 0 spiro atoms. The van der Waals surface area contributed by atoms with Crippen molar-refractivity contribution in [2.75, 3.05) is 13.1 Å². The Morgan fingerprint density at radius 2 is 1.92 bits per heavy atom. The van der Waals surface area contributed by atoms with Gasteiger partial charge < -0.3 is 14.4 Å². The van der Waals surface area contributed by atoms with E-state index in [-0.39, 0.29) is 12.0 Å². The van der Waals surface area contributed by atoms with Gasteiger partial charge in [0, 0.05) is 36.1 Å². The van der Waals surface area contributed by atoms with Crippen molar-refractivity contribution in [2.24, 2.45) is 0 Å². The first kappa shape index (κ1) is 17.1. The van der Waals surface area contributed by atoms with Crippen LogP contribution < -0.4 is 0 Å². The van der Waals surface area contributed by atoms with Gasteiger partial charge in [0.15, 0.2) is 0 Å². The van der Waals surface area contributed by atoms with Gasteiger partial charge in [0.25, 0.3) is 5.91 Å². The molecular formula is C20H21N3O2S. The van der Waals surface area contributed by atoms with Crippen molar-refractivity contribution >= 4 is 23.3 Å². The smallest absolute Gasteiger partial charge is 0.254 e. The summed E-state index contributed by atoms with van der Waals surface area (Å²) in [6.45, 7) is 1.23. The molecule has 2 aromatic heterocycles. The number of aliphatic hydroxyl groups excluding tert-OH is 1. The highest BCUT2D eigenvalue weighted by atomic mass is 32.2. The van der Waals surface area contributed by atoms with E-state index in [2.05, 4.69) is 4.98 Å². The molecular weight excluding hydrogens is 346 g/mol. The lowest BCUT2D eigenvalue weighted by atomic mass is 10.1. The summed E-state index contributed by atoms with van der Waals surface area (Å²) in [5.41, 5.74) is 2.65. The summed E-state index contributed by atoms with van der Waals surface area (Å²) in [4.78, 5) is 20.3. The lowest BCUT2D eigenvalue weighted by molar-refractivity contribution is 0.0543. The Balaban J connectivity index is 1.49. The van der Waals surface area contributed by atoms with Crippen molar-refractivity contribution in [3.63, 3.8) is 0 Å². The van der Waals surface area contributed by atoms with E-state index in [1.807, 2.05) is 64.2 Å². The number of fused-ring (bicyclic) bond motifs is 1. The van der Waals surface area contributed by atoms with E-state index in [0.717, 1.165) is 21.8 Å². The first-order valence-electron chi connectivity index (χ1n) is 8.82. The number of thioether (sulfide) groups is 1. The molecule has 1 N–H and O–H groups in total. The molecule has 0 saturated carbocycles. The van der Waals surface area contributed by atoms with Crippen LogP contribution in [0.15, 0.2) is 59.8 Å². The zero-order valence-corrected chi connectivity index (χ0v) is 15.2. The second-order valence-electron chi connectivity index (χ2n) is 6.51. The van der Waals surface area contributed by atoms with Crippen LogP contribution >= 0.6 is 11.8 Å². The van der Waals surface area contributed by atoms with Crippen molar-refractivity contribution < 1.29 is 9.90 Å². The number of hydrogen-bond donors (Lipinski definition) is 1. The van der Waals surface area contributed by atoms with E-state index in [1.54, 1.807) is 11.8 Å². The van der Waals surface area contributed by atoms with Gasteiger partial charge in [0.05, 0.1) is 17.4 Å². The number of aromatic nitrogens is 2. The Bertz CT molecular complexity index is 883. The Labute approximate surface area is 156 Å². The summed E-state index contributed by atoms with van der Waals surface area (Å²) >= 11 is 1.64. The topological polar surface area (TPSA) is 57.8 Å². The standard InChI is InChI=1S/C20H21N3O2S/c24-16-8-11-22(12-9-16)20(25)17-5-1-2-6-18(17)26-14-15-13-23-10-4-3-7-19(23)21-15/h1-7,10,13,16,24H,8-9,11-12,14H2. The summed E-state index contributed by atoms with van der Waals surface area (Å²) < 4.78 is 2.01. The molecule has 4 rings (SSSR count). The normalized spacial score (nSPS) is 15.5. The molecule has 5 nitrogen and oxygen atoms in total. The maximum atomic E-state index is 12.9. The fraction of sp³-hybridized carbons (Fsp3) is 0.300. The number of likely N-dealkylation sites (tertiary alicyclic amines) is 1. The number of imidazole rings is 1. The number of carbonyl (C=O) groups is 1. The van der Waals surface area contributed by atoms with Gasteiger partial charge in [-0.25, -0.2) is 4.98 Å². The fourth-order valence-corrected chi connectivity index (χ4v) is 4.15. The summed E-state index contributed by atoms with van der Waals surface area (Å²) in [5, 5.41) is 9.65. The van der Waals surface area contributed by atoms with Gasteiger partial charge in [-0.1, -0.05) is 18.2 Å². The maximum absolute atomic E-state index is 12.9. The third-order valence-corrected chi connectivity index (χ3v) is 5.77. The van der Waals surface area contributed by atoms with Crippen LogP contribution in [0.3, 0.4) is 0 Å². The molecule has 134 valence electrons. The zero-order chi connectivity index (χ0) is 17.9. The van der Waals surface area contributed by atoms with Gasteiger partial charge >= 0.3 is 0 Å². The van der Waals surface area contributed by atoms with Crippen LogP contribution in [0.25, 0.3) is 5.65 Å². The number of benzene rings is 1. The molecule has 1 fully saturated rings. The summed E-state index contributed by atoms with van der Waals surface area (Å²) in [6.07, 6.45) is 5.04. The monoisotopic (exact) mass is 367 g/mol. The largest absolute Gasteiger partial charge is 0.393 e. The minimum atomic E-state index is -0.279.